The maximum Gasteiger partial charge on any atom is 0.126 e. The molecule has 0 fully saturated rings. The van der Waals surface area contributed by atoms with Crippen LogP contribution in [0.2, 0.25) is 0 Å². The van der Waals surface area contributed by atoms with Gasteiger partial charge in [0.25, 0.3) is 0 Å². The zero-order valence-corrected chi connectivity index (χ0v) is 10.8. The van der Waals surface area contributed by atoms with Gasteiger partial charge in [0, 0.05) is 29.3 Å². The molecule has 0 saturated carbocycles. The molecule has 0 unspecified atom stereocenters. The normalized spacial score (nSPS) is 10.8. The first-order valence-electron chi connectivity index (χ1n) is 6.28. The molecule has 2 N–H and O–H groups in total. The van der Waals surface area contributed by atoms with E-state index in [1.54, 1.807) is 6.20 Å². The third-order valence-electron chi connectivity index (χ3n) is 3.17. The zero-order valence-electron chi connectivity index (χ0n) is 10.8. The number of aromatic nitrogens is 2. The number of pyridine rings is 2. The third-order valence-corrected chi connectivity index (χ3v) is 3.17. The van der Waals surface area contributed by atoms with Gasteiger partial charge in [0.15, 0.2) is 0 Å². The average Bonchev–Trinajstić information content (AvgIpc) is 2.43. The molecule has 0 amide bonds. The van der Waals surface area contributed by atoms with Gasteiger partial charge in [-0.15, -0.1) is 0 Å². The van der Waals surface area contributed by atoms with Crippen LogP contribution in [-0.4, -0.2) is 9.97 Å². The Bertz CT molecular complexity index is 735. The number of rotatable bonds is 2. The Kier molecular flexibility index (Phi) is 2.88. The van der Waals surface area contributed by atoms with Crippen LogP contribution in [0.15, 0.2) is 48.7 Å². The van der Waals surface area contributed by atoms with E-state index in [2.05, 4.69) is 28.2 Å². The molecule has 2 heterocycles. The lowest BCUT2D eigenvalue weighted by Gasteiger charge is -2.06. The first-order valence-corrected chi connectivity index (χ1v) is 6.28. The molecule has 0 spiro atoms. The van der Waals surface area contributed by atoms with E-state index in [0.29, 0.717) is 12.2 Å². The smallest absolute Gasteiger partial charge is 0.126 e. The number of nitrogens with two attached hydrogens (primary N) is 1. The summed E-state index contributed by atoms with van der Waals surface area (Å²) in [5.41, 5.74) is 10.1. The van der Waals surface area contributed by atoms with E-state index in [0.717, 1.165) is 27.7 Å². The lowest BCUT2D eigenvalue weighted by Crippen LogP contribution is -2.00. The molecule has 2 aromatic heterocycles. The maximum atomic E-state index is 5.91. The Hall–Kier alpha value is -2.42. The molecule has 19 heavy (non-hydrogen) atoms. The van der Waals surface area contributed by atoms with Crippen molar-refractivity contribution in [3.05, 3.63) is 65.5 Å². The van der Waals surface area contributed by atoms with Crippen LogP contribution in [0.5, 0.6) is 0 Å². The summed E-state index contributed by atoms with van der Waals surface area (Å²) in [5.74, 6) is 0.584. The molecule has 0 bridgehead atoms. The van der Waals surface area contributed by atoms with Crippen LogP contribution in [0.3, 0.4) is 0 Å². The minimum atomic E-state index is 0.584. The molecule has 0 radical (unpaired) electrons. The number of nitrogen functional groups attached to an aromatic ring is 1. The quantitative estimate of drug-likeness (QED) is 0.759. The van der Waals surface area contributed by atoms with Crippen molar-refractivity contribution in [3.63, 3.8) is 0 Å². The second-order valence-electron chi connectivity index (χ2n) is 4.73. The van der Waals surface area contributed by atoms with E-state index >= 15 is 0 Å². The summed E-state index contributed by atoms with van der Waals surface area (Å²) >= 11 is 0. The van der Waals surface area contributed by atoms with Gasteiger partial charge in [0.1, 0.15) is 5.82 Å². The third kappa shape index (κ3) is 2.40. The lowest BCUT2D eigenvalue weighted by atomic mass is 10.1. The molecule has 0 aliphatic carbocycles. The van der Waals surface area contributed by atoms with Crippen molar-refractivity contribution in [2.75, 3.05) is 5.73 Å². The summed E-state index contributed by atoms with van der Waals surface area (Å²) in [6.45, 7) is 2.02. The highest BCUT2D eigenvalue weighted by atomic mass is 14.8. The number of nitrogens with zero attached hydrogens (tertiary/aromatic N) is 2. The van der Waals surface area contributed by atoms with Crippen LogP contribution in [-0.2, 0) is 6.42 Å². The van der Waals surface area contributed by atoms with E-state index in [1.165, 1.54) is 0 Å². The topological polar surface area (TPSA) is 51.8 Å². The molecule has 1 aromatic carbocycles. The number of anilines is 1. The number of fused-ring (bicyclic) bond motifs is 1. The van der Waals surface area contributed by atoms with Gasteiger partial charge in [-0.1, -0.05) is 30.3 Å². The number of para-hydroxylation sites is 1. The average molecular weight is 249 g/mol. The predicted octanol–water partition coefficient (Wildman–Crippen LogP) is 3.11. The van der Waals surface area contributed by atoms with Gasteiger partial charge in [-0.2, -0.15) is 0 Å². The van der Waals surface area contributed by atoms with Crippen molar-refractivity contribution < 1.29 is 0 Å². The fourth-order valence-electron chi connectivity index (χ4n) is 2.18. The maximum absolute atomic E-state index is 5.91. The molecule has 0 atom stereocenters. The molecule has 3 heteroatoms. The fourth-order valence-corrected chi connectivity index (χ4v) is 2.18. The first kappa shape index (κ1) is 11.7. The minimum Gasteiger partial charge on any atom is -0.383 e. The molecular weight excluding hydrogens is 234 g/mol. The summed E-state index contributed by atoms with van der Waals surface area (Å²) in [7, 11) is 0. The van der Waals surface area contributed by atoms with Gasteiger partial charge in [-0.3, -0.25) is 4.98 Å². The van der Waals surface area contributed by atoms with Crippen LogP contribution in [0.4, 0.5) is 5.82 Å². The lowest BCUT2D eigenvalue weighted by molar-refractivity contribution is 1.08. The highest BCUT2D eigenvalue weighted by Gasteiger charge is 2.04. The van der Waals surface area contributed by atoms with E-state index < -0.39 is 0 Å². The van der Waals surface area contributed by atoms with Crippen molar-refractivity contribution in [1.82, 2.24) is 9.97 Å². The molecule has 3 nitrogen and oxygen atoms in total. The summed E-state index contributed by atoms with van der Waals surface area (Å²) in [6.07, 6.45) is 2.50. The summed E-state index contributed by atoms with van der Waals surface area (Å²) in [4.78, 5) is 8.85. The van der Waals surface area contributed by atoms with Crippen molar-refractivity contribution in [3.8, 4) is 0 Å². The van der Waals surface area contributed by atoms with Gasteiger partial charge in [-0.25, -0.2) is 4.98 Å². The van der Waals surface area contributed by atoms with Gasteiger partial charge >= 0.3 is 0 Å². The molecule has 3 aromatic rings. The van der Waals surface area contributed by atoms with Crippen LogP contribution >= 0.6 is 0 Å². The van der Waals surface area contributed by atoms with Crippen molar-refractivity contribution in [2.24, 2.45) is 0 Å². The monoisotopic (exact) mass is 249 g/mol. The van der Waals surface area contributed by atoms with Crippen LogP contribution in [0.1, 0.15) is 16.8 Å². The summed E-state index contributed by atoms with van der Waals surface area (Å²) in [5, 5.41) is 1.15. The Morgan fingerprint density at radius 1 is 1.11 bits per heavy atom. The van der Waals surface area contributed by atoms with E-state index in [-0.39, 0.29) is 0 Å². The van der Waals surface area contributed by atoms with E-state index in [1.807, 2.05) is 31.2 Å². The number of hydrogen-bond donors (Lipinski definition) is 1. The fraction of sp³-hybridized carbons (Fsp3) is 0.125. The second-order valence-corrected chi connectivity index (χ2v) is 4.73. The zero-order chi connectivity index (χ0) is 13.2. The largest absolute Gasteiger partial charge is 0.383 e. The Labute approximate surface area is 112 Å². The summed E-state index contributed by atoms with van der Waals surface area (Å²) < 4.78 is 0. The molecule has 0 aliphatic heterocycles. The molecule has 0 aliphatic rings. The number of aryl methyl sites for hydroxylation is 1. The molecular formula is C16H15N3. The standard InChI is InChI=1S/C16H15N3/c1-11-8-13(16(17)18-10-11)9-14-7-6-12-4-2-3-5-15(12)19-14/h2-8,10H,9H2,1H3,(H2,17,18). The highest BCUT2D eigenvalue weighted by molar-refractivity contribution is 5.78. The van der Waals surface area contributed by atoms with E-state index in [4.69, 9.17) is 5.73 Å². The molecule has 94 valence electrons. The van der Waals surface area contributed by atoms with Crippen molar-refractivity contribution in [1.29, 1.82) is 0 Å². The van der Waals surface area contributed by atoms with Crippen molar-refractivity contribution in [2.45, 2.75) is 13.3 Å². The van der Waals surface area contributed by atoms with Crippen LogP contribution in [0, 0.1) is 6.92 Å². The molecule has 0 saturated heterocycles. The summed E-state index contributed by atoms with van der Waals surface area (Å²) in [6, 6.07) is 14.3. The minimum absolute atomic E-state index is 0.584. The van der Waals surface area contributed by atoms with Crippen molar-refractivity contribution >= 4 is 16.7 Å². The van der Waals surface area contributed by atoms with Crippen LogP contribution in [0.25, 0.3) is 10.9 Å². The predicted molar refractivity (Wildman–Crippen MR) is 77.9 cm³/mol. The first-order chi connectivity index (χ1) is 9.22. The Morgan fingerprint density at radius 3 is 2.84 bits per heavy atom. The van der Waals surface area contributed by atoms with Gasteiger partial charge in [0.05, 0.1) is 5.52 Å². The van der Waals surface area contributed by atoms with Crippen LogP contribution < -0.4 is 5.73 Å². The number of benzene rings is 1. The Morgan fingerprint density at radius 2 is 1.95 bits per heavy atom. The molecule has 3 rings (SSSR count). The highest BCUT2D eigenvalue weighted by Crippen LogP contribution is 2.17. The number of hydrogen-bond acceptors (Lipinski definition) is 3. The van der Waals surface area contributed by atoms with Gasteiger partial charge in [-0.05, 0) is 24.6 Å². The second kappa shape index (κ2) is 4.69. The van der Waals surface area contributed by atoms with Gasteiger partial charge < -0.3 is 5.73 Å². The Balaban J connectivity index is 1.98. The SMILES string of the molecule is Cc1cnc(N)c(Cc2ccc3ccccc3n2)c1. The van der Waals surface area contributed by atoms with E-state index in [9.17, 15) is 0 Å². The van der Waals surface area contributed by atoms with Gasteiger partial charge in [0.2, 0.25) is 0 Å².